The quantitative estimate of drug-likeness (QED) is 0.357. The van der Waals surface area contributed by atoms with E-state index in [4.69, 9.17) is 9.90 Å². The van der Waals surface area contributed by atoms with E-state index in [1.807, 2.05) is 11.3 Å². The van der Waals surface area contributed by atoms with E-state index >= 15 is 0 Å². The predicted octanol–water partition coefficient (Wildman–Crippen LogP) is 4.21. The number of nitrogens with zero attached hydrogens (tertiary/aromatic N) is 6. The van der Waals surface area contributed by atoms with Crippen molar-refractivity contribution < 1.29 is 36.2 Å². The van der Waals surface area contributed by atoms with Gasteiger partial charge in [-0.3, -0.25) is 9.50 Å². The van der Waals surface area contributed by atoms with Gasteiger partial charge in [-0.2, -0.15) is 31.4 Å². The highest BCUT2D eigenvalue weighted by Crippen LogP contribution is 2.36. The zero-order chi connectivity index (χ0) is 25.4. The number of carbonyl (C=O) groups is 1. The van der Waals surface area contributed by atoms with Crippen molar-refractivity contribution in [3.63, 3.8) is 0 Å². The zero-order valence-corrected chi connectivity index (χ0v) is 17.5. The van der Waals surface area contributed by atoms with Crippen molar-refractivity contribution in [1.29, 1.82) is 0 Å². The van der Waals surface area contributed by atoms with Gasteiger partial charge in [-0.05, 0) is 24.3 Å². The van der Waals surface area contributed by atoms with Crippen molar-refractivity contribution in [2.45, 2.75) is 44.0 Å². The molecule has 186 valence electrons. The van der Waals surface area contributed by atoms with Crippen molar-refractivity contribution in [2.75, 3.05) is 0 Å². The molecule has 3 N–H and O–H groups in total. The van der Waals surface area contributed by atoms with Crippen molar-refractivity contribution in [3.8, 4) is 22.9 Å². The smallest absolute Gasteiger partial charge is 0.475 e. The van der Waals surface area contributed by atoms with Crippen LogP contribution in [-0.4, -0.2) is 56.8 Å². The number of fused-ring (bicyclic) bond motifs is 1. The van der Waals surface area contributed by atoms with E-state index < -0.39 is 24.1 Å². The Morgan fingerprint density at radius 3 is 2.31 bits per heavy atom. The monoisotopic (exact) mass is 502 g/mol. The molecule has 4 heterocycles. The number of aliphatic carboxylic acids is 1. The van der Waals surface area contributed by atoms with Gasteiger partial charge < -0.3 is 10.1 Å². The Kier molecular flexibility index (Phi) is 6.21. The Morgan fingerprint density at radius 2 is 1.77 bits per heavy atom. The summed E-state index contributed by atoms with van der Waals surface area (Å²) in [6, 6.07) is 0. The summed E-state index contributed by atoms with van der Waals surface area (Å²) in [5.41, 5.74) is 2.39. The summed E-state index contributed by atoms with van der Waals surface area (Å²) in [5, 5.41) is 12.8. The SMILES string of the molecule is FC(F)(F)c1nc(-c2nc3ncc(C4CCCC4)cn3c2-c2cnc[nH]2)n[nH]1.O=C(O)C(F)(F)F. The summed E-state index contributed by atoms with van der Waals surface area (Å²) in [6.07, 6.45) is 1.67. The van der Waals surface area contributed by atoms with E-state index in [0.29, 0.717) is 23.1 Å². The average molecular weight is 502 g/mol. The van der Waals surface area contributed by atoms with Crippen LogP contribution in [0.2, 0.25) is 0 Å². The molecule has 0 bridgehead atoms. The highest BCUT2D eigenvalue weighted by Gasteiger charge is 2.38. The molecule has 0 spiro atoms. The van der Waals surface area contributed by atoms with Gasteiger partial charge >= 0.3 is 18.3 Å². The second-order valence-corrected chi connectivity index (χ2v) is 7.62. The summed E-state index contributed by atoms with van der Waals surface area (Å²) in [4.78, 5) is 28.3. The van der Waals surface area contributed by atoms with Gasteiger partial charge in [-0.15, -0.1) is 0 Å². The number of rotatable bonds is 3. The Morgan fingerprint density at radius 1 is 1.09 bits per heavy atom. The van der Waals surface area contributed by atoms with E-state index in [1.165, 1.54) is 19.2 Å². The van der Waals surface area contributed by atoms with Crippen LogP contribution in [0.3, 0.4) is 0 Å². The number of H-pyrrole nitrogens is 2. The number of alkyl halides is 6. The zero-order valence-electron chi connectivity index (χ0n) is 17.5. The molecule has 4 aromatic rings. The third kappa shape index (κ3) is 5.09. The largest absolute Gasteiger partial charge is 0.490 e. The lowest BCUT2D eigenvalue weighted by Crippen LogP contribution is -2.21. The van der Waals surface area contributed by atoms with Gasteiger partial charge in [0.2, 0.25) is 17.4 Å². The minimum absolute atomic E-state index is 0.148. The molecule has 1 aliphatic carbocycles. The van der Waals surface area contributed by atoms with Crippen molar-refractivity contribution in [3.05, 3.63) is 36.3 Å². The molecule has 0 atom stereocenters. The molecule has 1 aliphatic rings. The van der Waals surface area contributed by atoms with Crippen LogP contribution in [0.25, 0.3) is 28.7 Å². The lowest BCUT2D eigenvalue weighted by Gasteiger charge is -2.09. The van der Waals surface area contributed by atoms with Crippen LogP contribution in [0.15, 0.2) is 24.9 Å². The Hall–Kier alpha value is -3.98. The maximum Gasteiger partial charge on any atom is 0.490 e. The fraction of sp³-hybridized carbons (Fsp3) is 0.368. The molecule has 0 unspecified atom stereocenters. The first-order chi connectivity index (χ1) is 16.4. The average Bonchev–Trinajstić information content (AvgIpc) is 3.58. The van der Waals surface area contributed by atoms with Crippen LogP contribution < -0.4 is 0 Å². The first-order valence-electron chi connectivity index (χ1n) is 10.1. The summed E-state index contributed by atoms with van der Waals surface area (Å²) in [6.45, 7) is 0. The number of imidazole rings is 2. The van der Waals surface area contributed by atoms with E-state index in [1.54, 1.807) is 16.8 Å². The van der Waals surface area contributed by atoms with Gasteiger partial charge in [0, 0.05) is 12.4 Å². The lowest BCUT2D eigenvalue weighted by atomic mass is 10.0. The molecule has 0 aromatic carbocycles. The van der Waals surface area contributed by atoms with Crippen LogP contribution in [0.5, 0.6) is 0 Å². The first-order valence-corrected chi connectivity index (χ1v) is 10.1. The third-order valence-corrected chi connectivity index (χ3v) is 5.29. The van der Waals surface area contributed by atoms with E-state index in [-0.39, 0.29) is 11.5 Å². The Balaban J connectivity index is 0.000000364. The number of carboxylic acids is 1. The van der Waals surface area contributed by atoms with Crippen molar-refractivity contribution in [1.82, 2.24) is 39.5 Å². The minimum atomic E-state index is -5.08. The fourth-order valence-electron chi connectivity index (χ4n) is 3.71. The number of nitrogens with one attached hydrogen (secondary N) is 2. The number of aromatic amines is 2. The van der Waals surface area contributed by atoms with Gasteiger partial charge in [0.1, 0.15) is 11.4 Å². The summed E-state index contributed by atoms with van der Waals surface area (Å²) in [5.74, 6) is -3.29. The van der Waals surface area contributed by atoms with Crippen LogP contribution >= 0.6 is 0 Å². The highest BCUT2D eigenvalue weighted by atomic mass is 19.4. The number of hydrogen-bond donors (Lipinski definition) is 3. The van der Waals surface area contributed by atoms with Crippen LogP contribution in [0.1, 0.15) is 43.0 Å². The summed E-state index contributed by atoms with van der Waals surface area (Å²) >= 11 is 0. The van der Waals surface area contributed by atoms with Crippen molar-refractivity contribution in [2.24, 2.45) is 0 Å². The first kappa shape index (κ1) is 24.2. The lowest BCUT2D eigenvalue weighted by molar-refractivity contribution is -0.192. The van der Waals surface area contributed by atoms with Crippen LogP contribution in [0, 0.1) is 0 Å². The number of aromatic nitrogens is 8. The normalized spacial score (nSPS) is 14.8. The van der Waals surface area contributed by atoms with Gasteiger partial charge in [0.05, 0.1) is 18.2 Å². The minimum Gasteiger partial charge on any atom is -0.475 e. The van der Waals surface area contributed by atoms with E-state index in [9.17, 15) is 26.3 Å². The van der Waals surface area contributed by atoms with E-state index in [0.717, 1.165) is 18.4 Å². The van der Waals surface area contributed by atoms with Gasteiger partial charge in [-0.25, -0.2) is 24.7 Å². The molecular weight excluding hydrogens is 486 g/mol. The topological polar surface area (TPSA) is 138 Å². The van der Waals surface area contributed by atoms with E-state index in [2.05, 4.69) is 30.0 Å². The fourth-order valence-corrected chi connectivity index (χ4v) is 3.71. The molecule has 0 radical (unpaired) electrons. The molecule has 1 fully saturated rings. The van der Waals surface area contributed by atoms with Crippen LogP contribution in [-0.2, 0) is 11.0 Å². The Labute approximate surface area is 191 Å². The molecule has 4 aromatic heterocycles. The standard InChI is InChI=1S/C17H15F3N8.C2HF3O2/c18-17(19,20)15-25-14(26-27-15)12-13(11-6-21-8-23-11)28-7-10(5-22-16(28)24-12)9-3-1-2-4-9;3-2(4,5)1(6)7/h5-9H,1-4H2,(H,21,23)(H,25,26,27);(H,6,7). The van der Waals surface area contributed by atoms with Gasteiger partial charge in [0.25, 0.3) is 0 Å². The second kappa shape index (κ2) is 8.99. The molecular formula is C19H16F6N8O2. The number of carboxylic acid groups (broad SMARTS) is 1. The number of halogens is 6. The molecule has 35 heavy (non-hydrogen) atoms. The number of hydrogen-bond acceptors (Lipinski definition) is 6. The maximum absolute atomic E-state index is 12.9. The second-order valence-electron chi connectivity index (χ2n) is 7.62. The molecule has 0 saturated heterocycles. The maximum atomic E-state index is 12.9. The molecule has 0 aliphatic heterocycles. The highest BCUT2D eigenvalue weighted by molar-refractivity contribution is 5.76. The van der Waals surface area contributed by atoms with Crippen molar-refractivity contribution >= 4 is 11.7 Å². The van der Waals surface area contributed by atoms with Crippen LogP contribution in [0.4, 0.5) is 26.3 Å². The molecule has 0 amide bonds. The molecule has 1 saturated carbocycles. The summed E-state index contributed by atoms with van der Waals surface area (Å²) < 4.78 is 72.3. The van der Waals surface area contributed by atoms with Gasteiger partial charge in [-0.1, -0.05) is 12.8 Å². The predicted molar refractivity (Wildman–Crippen MR) is 106 cm³/mol. The Bertz CT molecular complexity index is 1320. The molecule has 16 heteroatoms. The molecule has 5 rings (SSSR count). The molecule has 10 nitrogen and oxygen atoms in total. The summed E-state index contributed by atoms with van der Waals surface area (Å²) in [7, 11) is 0. The van der Waals surface area contributed by atoms with Gasteiger partial charge in [0.15, 0.2) is 0 Å². The third-order valence-electron chi connectivity index (χ3n) is 5.29.